The highest BCUT2D eigenvalue weighted by Gasteiger charge is 2.25. The van der Waals surface area contributed by atoms with E-state index in [0.717, 1.165) is 4.34 Å². The first-order valence-electron chi connectivity index (χ1n) is 7.84. The first-order chi connectivity index (χ1) is 11.9. The first kappa shape index (κ1) is 18.5. The van der Waals surface area contributed by atoms with Crippen molar-refractivity contribution in [1.82, 2.24) is 14.7 Å². The van der Waals surface area contributed by atoms with Crippen molar-refractivity contribution >= 4 is 41.2 Å². The molecule has 1 aromatic heterocycles. The molecule has 1 saturated heterocycles. The van der Waals surface area contributed by atoms with Crippen molar-refractivity contribution in [3.05, 3.63) is 34.0 Å². The topological polar surface area (TPSA) is 47.4 Å². The minimum atomic E-state index is -0.306. The van der Waals surface area contributed by atoms with Crippen molar-refractivity contribution in [2.24, 2.45) is 0 Å². The lowest BCUT2D eigenvalue weighted by Crippen LogP contribution is -2.48. The maximum atomic E-state index is 13.0. The largest absolute Gasteiger partial charge is 0.372 e. The summed E-state index contributed by atoms with van der Waals surface area (Å²) in [6, 6.07) is 5.99. The van der Waals surface area contributed by atoms with Crippen LogP contribution in [-0.4, -0.2) is 51.6 Å². The van der Waals surface area contributed by atoms with Gasteiger partial charge in [-0.2, -0.15) is 0 Å². The van der Waals surface area contributed by atoms with E-state index in [1.165, 1.54) is 35.2 Å². The lowest BCUT2D eigenvalue weighted by Gasteiger charge is -2.35. The van der Waals surface area contributed by atoms with E-state index in [1.807, 2.05) is 18.7 Å². The second-order valence-corrected chi connectivity index (χ2v) is 8.71. The van der Waals surface area contributed by atoms with Gasteiger partial charge in [0.25, 0.3) is 0 Å². The number of halogens is 1. The maximum absolute atomic E-state index is 13.0. The number of aromatic nitrogens is 2. The normalized spacial score (nSPS) is 20.7. The Kier molecular flexibility index (Phi) is 5.88. The van der Waals surface area contributed by atoms with Crippen LogP contribution in [0.3, 0.4) is 0 Å². The molecule has 0 unspecified atom stereocenters. The molecule has 2 atom stereocenters. The summed E-state index contributed by atoms with van der Waals surface area (Å²) in [7, 11) is 0. The Morgan fingerprint density at radius 3 is 2.64 bits per heavy atom. The van der Waals surface area contributed by atoms with Crippen LogP contribution in [0.1, 0.15) is 13.8 Å². The fourth-order valence-electron chi connectivity index (χ4n) is 2.66. The van der Waals surface area contributed by atoms with E-state index in [1.54, 1.807) is 16.8 Å². The zero-order valence-electron chi connectivity index (χ0n) is 13.8. The predicted molar refractivity (Wildman–Crippen MR) is 99.5 cm³/mol. The fourth-order valence-corrected chi connectivity index (χ4v) is 4.92. The summed E-state index contributed by atoms with van der Waals surface area (Å²) in [5.74, 6) is 0.0756. The van der Waals surface area contributed by atoms with Gasteiger partial charge in [-0.3, -0.25) is 4.79 Å². The summed E-state index contributed by atoms with van der Waals surface area (Å²) in [6.45, 7) is 5.17. The Balaban J connectivity index is 1.64. The Morgan fingerprint density at radius 2 is 2.00 bits per heavy atom. The molecule has 5 nitrogen and oxygen atoms in total. The average Bonchev–Trinajstić information content (AvgIpc) is 2.93. The van der Waals surface area contributed by atoms with Gasteiger partial charge >= 0.3 is 0 Å². The number of amides is 1. The molecular formula is C16H18FN3O2S3. The van der Waals surface area contributed by atoms with Gasteiger partial charge in [-0.05, 0) is 50.3 Å². The Bertz CT molecular complexity index is 796. The Labute approximate surface area is 158 Å². The van der Waals surface area contributed by atoms with Gasteiger partial charge < -0.3 is 9.64 Å². The number of thioether (sulfide) groups is 1. The van der Waals surface area contributed by atoms with Crippen molar-refractivity contribution in [2.75, 3.05) is 18.8 Å². The number of carbonyl (C=O) groups is 1. The zero-order chi connectivity index (χ0) is 18.0. The average molecular weight is 400 g/mol. The number of benzene rings is 1. The van der Waals surface area contributed by atoms with E-state index in [9.17, 15) is 9.18 Å². The molecule has 134 valence electrons. The standard InChI is InChI=1S/C16H18FN3O2S3/c1-10-7-19(8-11(2)22-10)14(21)9-24-15-18-20(16(23)25-15)13-5-3-12(17)4-6-13/h3-6,10-11H,7-9H2,1-2H3/t10-,11+. The summed E-state index contributed by atoms with van der Waals surface area (Å²) >= 11 is 8.04. The number of hydrogen-bond acceptors (Lipinski definition) is 6. The molecule has 0 radical (unpaired) electrons. The number of morpholine rings is 1. The first-order valence-corrected chi connectivity index (χ1v) is 10.1. The Morgan fingerprint density at radius 1 is 1.36 bits per heavy atom. The van der Waals surface area contributed by atoms with Crippen LogP contribution >= 0.6 is 35.3 Å². The van der Waals surface area contributed by atoms with Gasteiger partial charge in [-0.1, -0.05) is 23.1 Å². The van der Waals surface area contributed by atoms with Crippen LogP contribution in [0.5, 0.6) is 0 Å². The highest BCUT2D eigenvalue weighted by Crippen LogP contribution is 2.25. The highest BCUT2D eigenvalue weighted by atomic mass is 32.2. The quantitative estimate of drug-likeness (QED) is 0.581. The van der Waals surface area contributed by atoms with Crippen molar-refractivity contribution < 1.29 is 13.9 Å². The molecule has 1 fully saturated rings. The van der Waals surface area contributed by atoms with Crippen LogP contribution in [0.4, 0.5) is 4.39 Å². The van der Waals surface area contributed by atoms with Gasteiger partial charge in [0.1, 0.15) is 5.82 Å². The molecule has 0 N–H and O–H groups in total. The van der Waals surface area contributed by atoms with E-state index >= 15 is 0 Å². The number of nitrogens with zero attached hydrogens (tertiary/aromatic N) is 3. The molecule has 0 aliphatic carbocycles. The minimum absolute atomic E-state index is 0.0532. The van der Waals surface area contributed by atoms with Gasteiger partial charge in [0.15, 0.2) is 8.29 Å². The van der Waals surface area contributed by atoms with Crippen molar-refractivity contribution in [3.8, 4) is 5.69 Å². The minimum Gasteiger partial charge on any atom is -0.372 e. The second kappa shape index (κ2) is 7.94. The molecule has 1 aromatic carbocycles. The SMILES string of the molecule is C[C@@H]1CN(C(=O)CSc2nn(-c3ccc(F)cc3)c(=S)s2)C[C@H](C)O1. The van der Waals surface area contributed by atoms with Crippen molar-refractivity contribution in [2.45, 2.75) is 30.4 Å². The lowest BCUT2D eigenvalue weighted by molar-refractivity contribution is -0.140. The molecular weight excluding hydrogens is 381 g/mol. The highest BCUT2D eigenvalue weighted by molar-refractivity contribution is 8.01. The molecule has 9 heteroatoms. The third kappa shape index (κ3) is 4.66. The van der Waals surface area contributed by atoms with Crippen LogP contribution in [0.25, 0.3) is 5.69 Å². The van der Waals surface area contributed by atoms with E-state index in [2.05, 4.69) is 5.10 Å². The Hall–Kier alpha value is -1.29. The van der Waals surface area contributed by atoms with Crippen LogP contribution in [0.2, 0.25) is 0 Å². The lowest BCUT2D eigenvalue weighted by atomic mass is 10.2. The number of ether oxygens (including phenoxy) is 1. The molecule has 1 aliphatic heterocycles. The van der Waals surface area contributed by atoms with Gasteiger partial charge in [0.05, 0.1) is 23.6 Å². The maximum Gasteiger partial charge on any atom is 0.233 e. The van der Waals surface area contributed by atoms with Gasteiger partial charge in [-0.15, -0.1) is 5.10 Å². The number of hydrogen-bond donors (Lipinski definition) is 0. The van der Waals surface area contributed by atoms with Crippen LogP contribution in [-0.2, 0) is 9.53 Å². The van der Waals surface area contributed by atoms with Crippen molar-refractivity contribution in [3.63, 3.8) is 0 Å². The third-order valence-corrected chi connectivity index (χ3v) is 6.04. The summed E-state index contributed by atoms with van der Waals surface area (Å²) < 4.78 is 21.6. The summed E-state index contributed by atoms with van der Waals surface area (Å²) in [6.07, 6.45) is 0.106. The summed E-state index contributed by atoms with van der Waals surface area (Å²) in [5, 5.41) is 4.43. The van der Waals surface area contributed by atoms with Gasteiger partial charge in [0, 0.05) is 13.1 Å². The van der Waals surface area contributed by atoms with Gasteiger partial charge in [0.2, 0.25) is 5.91 Å². The third-order valence-electron chi connectivity index (χ3n) is 3.69. The summed E-state index contributed by atoms with van der Waals surface area (Å²) in [4.78, 5) is 14.2. The van der Waals surface area contributed by atoms with Crippen LogP contribution < -0.4 is 0 Å². The van der Waals surface area contributed by atoms with E-state index in [4.69, 9.17) is 17.0 Å². The van der Waals surface area contributed by atoms with E-state index < -0.39 is 0 Å². The smallest absolute Gasteiger partial charge is 0.233 e. The van der Waals surface area contributed by atoms with Crippen molar-refractivity contribution in [1.29, 1.82) is 0 Å². The summed E-state index contributed by atoms with van der Waals surface area (Å²) in [5.41, 5.74) is 0.705. The molecule has 1 amide bonds. The zero-order valence-corrected chi connectivity index (χ0v) is 16.3. The van der Waals surface area contributed by atoms with Gasteiger partial charge in [-0.25, -0.2) is 9.07 Å². The van der Waals surface area contributed by atoms with E-state index in [-0.39, 0.29) is 23.9 Å². The predicted octanol–water partition coefficient (Wildman–Crippen LogP) is 3.53. The number of carbonyl (C=O) groups excluding carboxylic acids is 1. The van der Waals surface area contributed by atoms with Crippen LogP contribution in [0.15, 0.2) is 28.6 Å². The van der Waals surface area contributed by atoms with Crippen LogP contribution in [0, 0.1) is 9.77 Å². The molecule has 3 rings (SSSR count). The molecule has 1 aliphatic rings. The number of rotatable bonds is 4. The molecule has 25 heavy (non-hydrogen) atoms. The molecule has 2 heterocycles. The fraction of sp³-hybridized carbons (Fsp3) is 0.438. The molecule has 0 spiro atoms. The molecule has 0 saturated carbocycles. The molecule has 0 bridgehead atoms. The monoisotopic (exact) mass is 399 g/mol. The molecule has 2 aromatic rings. The van der Waals surface area contributed by atoms with E-state index in [0.29, 0.717) is 28.5 Å². The second-order valence-electron chi connectivity index (χ2n) is 5.87.